The number of carbonyl (C=O) groups excluding carboxylic acids is 2. The average Bonchev–Trinajstić information content (AvgIpc) is 3.05. The molecule has 0 aromatic carbocycles. The smallest absolute Gasteiger partial charge is 0.237 e. The van der Waals surface area contributed by atoms with Crippen LogP contribution in [0.4, 0.5) is 0 Å². The molecule has 3 N–H and O–H groups in total. The van der Waals surface area contributed by atoms with Gasteiger partial charge >= 0.3 is 0 Å². The summed E-state index contributed by atoms with van der Waals surface area (Å²) in [5.41, 5.74) is 0. The van der Waals surface area contributed by atoms with E-state index in [2.05, 4.69) is 27.4 Å². The van der Waals surface area contributed by atoms with Crippen molar-refractivity contribution in [2.24, 2.45) is 5.92 Å². The molecule has 22 heavy (non-hydrogen) atoms. The van der Waals surface area contributed by atoms with E-state index in [1.165, 1.54) is 0 Å². The fourth-order valence-corrected chi connectivity index (χ4v) is 3.18. The third-order valence-corrected chi connectivity index (χ3v) is 4.36. The van der Waals surface area contributed by atoms with Crippen molar-refractivity contribution in [2.45, 2.75) is 31.7 Å². The van der Waals surface area contributed by atoms with Crippen molar-refractivity contribution >= 4 is 11.8 Å². The first kappa shape index (κ1) is 17.0. The van der Waals surface area contributed by atoms with E-state index in [9.17, 15) is 9.59 Å². The average molecular weight is 308 g/mol. The molecular formula is C16H28N4O2. The van der Waals surface area contributed by atoms with E-state index in [4.69, 9.17) is 0 Å². The molecule has 2 aliphatic heterocycles. The Hall–Kier alpha value is -1.40. The summed E-state index contributed by atoms with van der Waals surface area (Å²) in [6.07, 6.45) is 5.89. The van der Waals surface area contributed by atoms with Gasteiger partial charge in [-0.25, -0.2) is 0 Å². The van der Waals surface area contributed by atoms with E-state index in [0.29, 0.717) is 25.6 Å². The third-order valence-electron chi connectivity index (χ3n) is 4.36. The summed E-state index contributed by atoms with van der Waals surface area (Å²) in [4.78, 5) is 25.9. The van der Waals surface area contributed by atoms with Gasteiger partial charge < -0.3 is 16.0 Å². The number of hydrogen-bond acceptors (Lipinski definition) is 4. The molecule has 0 aliphatic carbocycles. The molecule has 2 unspecified atom stereocenters. The Morgan fingerprint density at radius 1 is 1.27 bits per heavy atom. The summed E-state index contributed by atoms with van der Waals surface area (Å²) in [6.45, 7) is 8.02. The van der Waals surface area contributed by atoms with Crippen LogP contribution in [0.25, 0.3) is 0 Å². The lowest BCUT2D eigenvalue weighted by atomic mass is 9.98. The van der Waals surface area contributed by atoms with Gasteiger partial charge in [0.2, 0.25) is 11.8 Å². The van der Waals surface area contributed by atoms with Crippen LogP contribution in [0, 0.1) is 5.92 Å². The number of rotatable bonds is 7. The SMILES string of the molecule is C=CCNC(=O)CN1CCCC(CNC(=O)C2CCCN2)C1. The van der Waals surface area contributed by atoms with Gasteiger partial charge in [-0.1, -0.05) is 6.08 Å². The van der Waals surface area contributed by atoms with E-state index >= 15 is 0 Å². The molecule has 2 saturated heterocycles. The van der Waals surface area contributed by atoms with E-state index < -0.39 is 0 Å². The molecule has 2 rings (SSSR count). The molecule has 2 fully saturated rings. The molecule has 6 nitrogen and oxygen atoms in total. The van der Waals surface area contributed by atoms with Gasteiger partial charge in [-0.15, -0.1) is 6.58 Å². The third kappa shape index (κ3) is 5.42. The van der Waals surface area contributed by atoms with Crippen LogP contribution in [-0.4, -0.2) is 62.0 Å². The number of amides is 2. The standard InChI is InChI=1S/C16H28N4O2/c1-2-7-18-15(21)12-20-9-4-5-13(11-20)10-19-16(22)14-6-3-8-17-14/h2,13-14,17H,1,3-12H2,(H,18,21)(H,19,22). The summed E-state index contributed by atoms with van der Waals surface area (Å²) < 4.78 is 0. The number of hydrogen-bond donors (Lipinski definition) is 3. The van der Waals surface area contributed by atoms with Crippen LogP contribution in [0.2, 0.25) is 0 Å². The predicted octanol–water partition coefficient (Wildman–Crippen LogP) is -0.131. The Morgan fingerprint density at radius 2 is 2.14 bits per heavy atom. The normalized spacial score (nSPS) is 25.6. The molecule has 0 bridgehead atoms. The molecule has 0 saturated carbocycles. The topological polar surface area (TPSA) is 73.5 Å². The first-order valence-electron chi connectivity index (χ1n) is 8.30. The van der Waals surface area contributed by atoms with Gasteiger partial charge in [0.05, 0.1) is 12.6 Å². The van der Waals surface area contributed by atoms with Gasteiger partial charge in [-0.2, -0.15) is 0 Å². The molecule has 0 radical (unpaired) electrons. The van der Waals surface area contributed by atoms with Gasteiger partial charge in [0, 0.05) is 19.6 Å². The molecule has 124 valence electrons. The largest absolute Gasteiger partial charge is 0.354 e. The lowest BCUT2D eigenvalue weighted by Gasteiger charge is -2.32. The van der Waals surface area contributed by atoms with Crippen LogP contribution >= 0.6 is 0 Å². The highest BCUT2D eigenvalue weighted by Crippen LogP contribution is 2.15. The van der Waals surface area contributed by atoms with Crippen molar-refractivity contribution in [3.05, 3.63) is 12.7 Å². The Kier molecular flexibility index (Phi) is 6.86. The van der Waals surface area contributed by atoms with Crippen molar-refractivity contribution in [1.29, 1.82) is 0 Å². The molecular weight excluding hydrogens is 280 g/mol. The van der Waals surface area contributed by atoms with E-state index in [1.54, 1.807) is 6.08 Å². The summed E-state index contributed by atoms with van der Waals surface area (Å²) >= 11 is 0. The van der Waals surface area contributed by atoms with Gasteiger partial charge in [-0.3, -0.25) is 14.5 Å². The molecule has 2 heterocycles. The van der Waals surface area contributed by atoms with Gasteiger partial charge in [0.15, 0.2) is 0 Å². The summed E-state index contributed by atoms with van der Waals surface area (Å²) in [5.74, 6) is 0.601. The summed E-state index contributed by atoms with van der Waals surface area (Å²) in [5, 5.41) is 9.08. The maximum absolute atomic E-state index is 12.0. The number of nitrogens with one attached hydrogen (secondary N) is 3. The minimum Gasteiger partial charge on any atom is -0.354 e. The molecule has 0 aromatic rings. The summed E-state index contributed by atoms with van der Waals surface area (Å²) in [6, 6.07) is -0.00984. The fourth-order valence-electron chi connectivity index (χ4n) is 3.18. The van der Waals surface area contributed by atoms with Crippen LogP contribution < -0.4 is 16.0 Å². The van der Waals surface area contributed by atoms with Crippen molar-refractivity contribution in [2.75, 3.05) is 39.3 Å². The van der Waals surface area contributed by atoms with Gasteiger partial charge in [0.1, 0.15) is 0 Å². The van der Waals surface area contributed by atoms with E-state index in [1.807, 2.05) is 0 Å². The van der Waals surface area contributed by atoms with Crippen LogP contribution in [0.3, 0.4) is 0 Å². The van der Waals surface area contributed by atoms with Crippen molar-refractivity contribution < 1.29 is 9.59 Å². The Balaban J connectivity index is 1.67. The van der Waals surface area contributed by atoms with Gasteiger partial charge in [0.25, 0.3) is 0 Å². The van der Waals surface area contributed by atoms with Gasteiger partial charge in [-0.05, 0) is 44.7 Å². The monoisotopic (exact) mass is 308 g/mol. The molecule has 2 aliphatic rings. The number of likely N-dealkylation sites (tertiary alicyclic amines) is 1. The van der Waals surface area contributed by atoms with Crippen molar-refractivity contribution in [3.63, 3.8) is 0 Å². The highest BCUT2D eigenvalue weighted by molar-refractivity contribution is 5.82. The second-order valence-electron chi connectivity index (χ2n) is 6.23. The zero-order valence-electron chi connectivity index (χ0n) is 13.3. The molecule has 6 heteroatoms. The fraction of sp³-hybridized carbons (Fsp3) is 0.750. The zero-order chi connectivity index (χ0) is 15.8. The zero-order valence-corrected chi connectivity index (χ0v) is 13.3. The minimum atomic E-state index is -0.00984. The molecule has 0 spiro atoms. The van der Waals surface area contributed by atoms with Crippen LogP contribution in [0.1, 0.15) is 25.7 Å². The molecule has 2 amide bonds. The first-order valence-corrected chi connectivity index (χ1v) is 8.30. The van der Waals surface area contributed by atoms with Crippen molar-refractivity contribution in [3.8, 4) is 0 Å². The second-order valence-corrected chi connectivity index (χ2v) is 6.23. The van der Waals surface area contributed by atoms with Crippen LogP contribution in [0.5, 0.6) is 0 Å². The number of carbonyl (C=O) groups is 2. The number of piperidine rings is 1. The van der Waals surface area contributed by atoms with E-state index in [-0.39, 0.29) is 17.9 Å². The Morgan fingerprint density at radius 3 is 2.86 bits per heavy atom. The Bertz CT molecular complexity index is 394. The first-order chi connectivity index (χ1) is 10.7. The van der Waals surface area contributed by atoms with Crippen molar-refractivity contribution in [1.82, 2.24) is 20.9 Å². The Labute approximate surface area is 132 Å². The molecule has 2 atom stereocenters. The highest BCUT2D eigenvalue weighted by atomic mass is 16.2. The van der Waals surface area contributed by atoms with Crippen LogP contribution in [-0.2, 0) is 9.59 Å². The lowest BCUT2D eigenvalue weighted by molar-refractivity contribution is -0.124. The minimum absolute atomic E-state index is 0.00984. The van der Waals surface area contributed by atoms with E-state index in [0.717, 1.165) is 45.3 Å². The van der Waals surface area contributed by atoms with Crippen LogP contribution in [0.15, 0.2) is 12.7 Å². The highest BCUT2D eigenvalue weighted by Gasteiger charge is 2.25. The predicted molar refractivity (Wildman–Crippen MR) is 86.4 cm³/mol. The number of nitrogens with zero attached hydrogens (tertiary/aromatic N) is 1. The molecule has 0 aromatic heterocycles. The maximum atomic E-state index is 12.0. The quantitative estimate of drug-likeness (QED) is 0.573. The maximum Gasteiger partial charge on any atom is 0.237 e. The summed E-state index contributed by atoms with van der Waals surface area (Å²) in [7, 11) is 0. The second kappa shape index (κ2) is 8.90. The lowest BCUT2D eigenvalue weighted by Crippen LogP contribution is -2.47.